The van der Waals surface area contributed by atoms with Gasteiger partial charge in [0, 0.05) is 36.3 Å². The van der Waals surface area contributed by atoms with E-state index in [1.165, 1.54) is 12.7 Å². The number of hydrogen-bond acceptors (Lipinski definition) is 5. The summed E-state index contributed by atoms with van der Waals surface area (Å²) in [6.07, 6.45) is -2.40. The third-order valence-corrected chi connectivity index (χ3v) is 4.75. The molecule has 7 nitrogen and oxygen atoms in total. The van der Waals surface area contributed by atoms with Crippen molar-refractivity contribution in [1.29, 1.82) is 0 Å². The lowest BCUT2D eigenvalue weighted by atomic mass is 9.79. The Morgan fingerprint density at radius 1 is 1.19 bits per heavy atom. The first-order chi connectivity index (χ1) is 11.9. The molecule has 3 rings (SSSR count). The summed E-state index contributed by atoms with van der Waals surface area (Å²) in [5.74, 6) is -2.70. The number of aliphatic carboxylic acids is 1. The number of carboxylic acids is 1. The zero-order chi connectivity index (χ0) is 19.7. The van der Waals surface area contributed by atoms with Gasteiger partial charge in [-0.3, -0.25) is 4.79 Å². The molecule has 0 aliphatic carbocycles. The Bertz CT molecular complexity index is 702. The van der Waals surface area contributed by atoms with Gasteiger partial charge in [-0.25, -0.2) is 14.8 Å². The first kappa shape index (κ1) is 20.1. The van der Waals surface area contributed by atoms with E-state index in [2.05, 4.69) is 21.9 Å². The van der Waals surface area contributed by atoms with Crippen LogP contribution >= 0.6 is 0 Å². The van der Waals surface area contributed by atoms with E-state index in [0.29, 0.717) is 11.1 Å². The van der Waals surface area contributed by atoms with E-state index in [-0.39, 0.29) is 5.91 Å². The van der Waals surface area contributed by atoms with Crippen LogP contribution in [0.15, 0.2) is 6.33 Å². The van der Waals surface area contributed by atoms with Crippen LogP contribution < -0.4 is 0 Å². The fourth-order valence-corrected chi connectivity index (χ4v) is 3.23. The van der Waals surface area contributed by atoms with Gasteiger partial charge in [-0.2, -0.15) is 13.2 Å². The summed E-state index contributed by atoms with van der Waals surface area (Å²) in [5.41, 5.74) is 2.69. The number of nitrogens with zero attached hydrogens (tertiary/aromatic N) is 4. The van der Waals surface area contributed by atoms with Crippen molar-refractivity contribution in [2.24, 2.45) is 5.41 Å². The van der Waals surface area contributed by atoms with Gasteiger partial charge in [0.1, 0.15) is 12.0 Å². The number of aromatic nitrogens is 2. The quantitative estimate of drug-likeness (QED) is 0.802. The number of halogens is 3. The van der Waals surface area contributed by atoms with E-state index in [4.69, 9.17) is 9.90 Å². The maximum Gasteiger partial charge on any atom is 0.490 e. The van der Waals surface area contributed by atoms with Crippen molar-refractivity contribution in [2.75, 3.05) is 33.2 Å². The SMILES string of the molecule is Cc1ncnc(C(=O)N2CC3(CCN(C)C3)C2)c1C.O=C(O)C(F)(F)F. The van der Waals surface area contributed by atoms with Crippen LogP contribution in [-0.4, -0.2) is 76.2 Å². The zero-order valence-electron chi connectivity index (χ0n) is 14.8. The van der Waals surface area contributed by atoms with Gasteiger partial charge in [0.05, 0.1) is 0 Å². The van der Waals surface area contributed by atoms with Crippen molar-refractivity contribution in [2.45, 2.75) is 26.4 Å². The Morgan fingerprint density at radius 2 is 1.77 bits per heavy atom. The van der Waals surface area contributed by atoms with Crippen LogP contribution in [0.4, 0.5) is 13.2 Å². The summed E-state index contributed by atoms with van der Waals surface area (Å²) in [6, 6.07) is 0. The summed E-state index contributed by atoms with van der Waals surface area (Å²) in [4.78, 5) is 33.9. The smallest absolute Gasteiger partial charge is 0.475 e. The third-order valence-electron chi connectivity index (χ3n) is 4.75. The third kappa shape index (κ3) is 4.29. The van der Waals surface area contributed by atoms with Crippen LogP contribution in [0.5, 0.6) is 0 Å². The summed E-state index contributed by atoms with van der Waals surface area (Å²) < 4.78 is 31.7. The molecule has 1 aromatic heterocycles. The maximum atomic E-state index is 12.4. The van der Waals surface area contributed by atoms with E-state index in [1.54, 1.807) is 0 Å². The molecular formula is C16H21F3N4O3. The van der Waals surface area contributed by atoms with Crippen LogP contribution in [0.2, 0.25) is 0 Å². The average Bonchev–Trinajstić information content (AvgIpc) is 2.90. The van der Waals surface area contributed by atoms with Gasteiger partial charge in [0.15, 0.2) is 0 Å². The lowest BCUT2D eigenvalue weighted by molar-refractivity contribution is -0.192. The molecule has 10 heteroatoms. The highest BCUT2D eigenvalue weighted by Gasteiger charge is 2.48. The van der Waals surface area contributed by atoms with E-state index >= 15 is 0 Å². The molecule has 1 N–H and O–H groups in total. The molecule has 2 aliphatic rings. The lowest BCUT2D eigenvalue weighted by Gasteiger charge is -2.48. The predicted molar refractivity (Wildman–Crippen MR) is 85.6 cm³/mol. The standard InChI is InChI=1S/C14H20N4O.C2HF3O2/c1-10-11(2)15-9-16-12(10)13(19)18-7-14(8-18)4-5-17(3)6-14;3-2(4,5)1(6)7/h9H,4-8H2,1-3H3;(H,6,7). The fourth-order valence-electron chi connectivity index (χ4n) is 3.23. The van der Waals surface area contributed by atoms with Gasteiger partial charge < -0.3 is 14.9 Å². The van der Waals surface area contributed by atoms with E-state index in [9.17, 15) is 18.0 Å². The van der Waals surface area contributed by atoms with E-state index in [1.807, 2.05) is 18.7 Å². The van der Waals surface area contributed by atoms with Crippen molar-refractivity contribution in [3.8, 4) is 0 Å². The Balaban J connectivity index is 0.000000298. The molecule has 0 atom stereocenters. The fraction of sp³-hybridized carbons (Fsp3) is 0.625. The molecule has 2 saturated heterocycles. The topological polar surface area (TPSA) is 86.6 Å². The number of carboxylic acid groups (broad SMARTS) is 1. The molecule has 1 amide bonds. The lowest BCUT2D eigenvalue weighted by Crippen LogP contribution is -2.59. The van der Waals surface area contributed by atoms with Crippen molar-refractivity contribution in [3.05, 3.63) is 23.3 Å². The van der Waals surface area contributed by atoms with Gasteiger partial charge in [-0.15, -0.1) is 0 Å². The zero-order valence-corrected chi connectivity index (χ0v) is 14.8. The van der Waals surface area contributed by atoms with Crippen LogP contribution in [0.3, 0.4) is 0 Å². The molecule has 0 unspecified atom stereocenters. The highest BCUT2D eigenvalue weighted by Crippen LogP contribution is 2.39. The molecule has 144 valence electrons. The molecule has 0 aromatic carbocycles. The van der Waals surface area contributed by atoms with Crippen molar-refractivity contribution in [3.63, 3.8) is 0 Å². The normalized spacial score (nSPS) is 18.9. The second-order valence-corrected chi connectivity index (χ2v) is 6.88. The molecule has 26 heavy (non-hydrogen) atoms. The summed E-state index contributed by atoms with van der Waals surface area (Å²) >= 11 is 0. The number of rotatable bonds is 1. The molecule has 2 fully saturated rings. The minimum Gasteiger partial charge on any atom is -0.475 e. The highest BCUT2D eigenvalue weighted by molar-refractivity contribution is 5.94. The number of likely N-dealkylation sites (tertiary alicyclic amines) is 2. The first-order valence-electron chi connectivity index (χ1n) is 8.01. The van der Waals surface area contributed by atoms with Crippen molar-refractivity contribution >= 4 is 11.9 Å². The number of hydrogen-bond donors (Lipinski definition) is 1. The summed E-state index contributed by atoms with van der Waals surface area (Å²) in [6.45, 7) is 7.84. The van der Waals surface area contributed by atoms with Gasteiger partial charge in [0.2, 0.25) is 0 Å². The van der Waals surface area contributed by atoms with Crippen LogP contribution in [0, 0.1) is 19.3 Å². The summed E-state index contributed by atoms with van der Waals surface area (Å²) in [7, 11) is 2.15. The largest absolute Gasteiger partial charge is 0.490 e. The Hall–Kier alpha value is -2.23. The van der Waals surface area contributed by atoms with Gasteiger partial charge in [-0.1, -0.05) is 0 Å². The first-order valence-corrected chi connectivity index (χ1v) is 8.01. The van der Waals surface area contributed by atoms with E-state index < -0.39 is 12.1 Å². The Kier molecular flexibility index (Phi) is 5.55. The second kappa shape index (κ2) is 7.18. The Morgan fingerprint density at radius 3 is 2.23 bits per heavy atom. The van der Waals surface area contributed by atoms with Gasteiger partial charge in [-0.05, 0) is 33.9 Å². The molecule has 1 aromatic rings. The van der Waals surface area contributed by atoms with E-state index in [0.717, 1.165) is 37.4 Å². The second-order valence-electron chi connectivity index (χ2n) is 6.88. The minimum atomic E-state index is -5.08. The minimum absolute atomic E-state index is 0.0585. The van der Waals surface area contributed by atoms with Gasteiger partial charge >= 0.3 is 12.1 Å². The maximum absolute atomic E-state index is 12.4. The molecule has 0 radical (unpaired) electrons. The Labute approximate surface area is 148 Å². The monoisotopic (exact) mass is 374 g/mol. The molecule has 0 bridgehead atoms. The predicted octanol–water partition coefficient (Wildman–Crippen LogP) is 1.50. The molecule has 2 aliphatic heterocycles. The number of alkyl halides is 3. The highest BCUT2D eigenvalue weighted by atomic mass is 19.4. The number of amides is 1. The molecule has 1 spiro atoms. The average molecular weight is 374 g/mol. The van der Waals surface area contributed by atoms with Crippen LogP contribution in [-0.2, 0) is 4.79 Å². The van der Waals surface area contributed by atoms with Crippen molar-refractivity contribution in [1.82, 2.24) is 19.8 Å². The molecular weight excluding hydrogens is 353 g/mol. The van der Waals surface area contributed by atoms with Gasteiger partial charge in [0.25, 0.3) is 5.91 Å². The summed E-state index contributed by atoms with van der Waals surface area (Å²) in [5, 5.41) is 7.12. The molecule has 3 heterocycles. The van der Waals surface area contributed by atoms with Crippen LogP contribution in [0.25, 0.3) is 0 Å². The van der Waals surface area contributed by atoms with Crippen LogP contribution in [0.1, 0.15) is 28.2 Å². The number of carbonyl (C=O) groups is 2. The number of carbonyl (C=O) groups excluding carboxylic acids is 1. The number of aryl methyl sites for hydroxylation is 1. The molecule has 0 saturated carbocycles. The van der Waals surface area contributed by atoms with Crippen molar-refractivity contribution < 1.29 is 27.9 Å².